The van der Waals surface area contributed by atoms with Gasteiger partial charge in [0.15, 0.2) is 0 Å². The normalized spacial score (nSPS) is 16.0. The van der Waals surface area contributed by atoms with Gasteiger partial charge in [0.25, 0.3) is 5.69 Å². The van der Waals surface area contributed by atoms with Crippen LogP contribution in [0.1, 0.15) is 24.4 Å². The zero-order valence-electron chi connectivity index (χ0n) is 12.4. The van der Waals surface area contributed by atoms with Crippen LogP contribution in [0.2, 0.25) is 0 Å². The van der Waals surface area contributed by atoms with Crippen molar-refractivity contribution in [1.82, 2.24) is 10.2 Å². The molecule has 0 aromatic heterocycles. The van der Waals surface area contributed by atoms with Gasteiger partial charge in [-0.05, 0) is 18.4 Å². The molecule has 0 spiro atoms. The van der Waals surface area contributed by atoms with Crippen molar-refractivity contribution in [3.63, 3.8) is 0 Å². The Labute approximate surface area is 143 Å². The molecule has 0 saturated carbocycles. The molecule has 7 heteroatoms. The van der Waals surface area contributed by atoms with Crippen LogP contribution in [0.5, 0.6) is 0 Å². The SMILES string of the molecule is C=CCC[C@H](c1cccc([N+](=O)[O-])c1)N1CCNCC1.Cl.Cl. The number of halogens is 2. The summed E-state index contributed by atoms with van der Waals surface area (Å²) in [5.41, 5.74) is 1.20. The highest BCUT2D eigenvalue weighted by Crippen LogP contribution is 2.28. The standard InChI is InChI=1S/C15H21N3O2.2ClH/c1-2-3-7-15(17-10-8-16-9-11-17)13-5-4-6-14(12-13)18(19)20;;/h2,4-6,12,15-16H,1,3,7-11H2;2*1H/t15-;;/m1../s1. The lowest BCUT2D eigenvalue weighted by molar-refractivity contribution is -0.385. The first-order valence-electron chi connectivity index (χ1n) is 7.02. The van der Waals surface area contributed by atoms with E-state index in [4.69, 9.17) is 0 Å². The Morgan fingerprint density at radius 3 is 2.64 bits per heavy atom. The molecule has 1 N–H and O–H groups in total. The second-order valence-electron chi connectivity index (χ2n) is 5.02. The van der Waals surface area contributed by atoms with E-state index in [0.717, 1.165) is 44.6 Å². The van der Waals surface area contributed by atoms with E-state index in [1.807, 2.05) is 12.1 Å². The van der Waals surface area contributed by atoms with Crippen molar-refractivity contribution in [2.45, 2.75) is 18.9 Å². The highest BCUT2D eigenvalue weighted by molar-refractivity contribution is 5.85. The van der Waals surface area contributed by atoms with E-state index >= 15 is 0 Å². The second-order valence-corrected chi connectivity index (χ2v) is 5.02. The van der Waals surface area contributed by atoms with Crippen molar-refractivity contribution in [1.29, 1.82) is 0 Å². The lowest BCUT2D eigenvalue weighted by Gasteiger charge is -2.35. The predicted molar refractivity (Wildman–Crippen MR) is 94.2 cm³/mol. The molecule has 1 atom stereocenters. The average molecular weight is 348 g/mol. The van der Waals surface area contributed by atoms with Crippen molar-refractivity contribution in [2.24, 2.45) is 0 Å². The molecule has 1 fully saturated rings. The van der Waals surface area contributed by atoms with E-state index in [-0.39, 0.29) is 41.5 Å². The molecule has 1 aliphatic rings. The van der Waals surface area contributed by atoms with Gasteiger partial charge < -0.3 is 5.32 Å². The fourth-order valence-electron chi connectivity index (χ4n) is 2.68. The number of nitro benzene ring substituents is 1. The van der Waals surface area contributed by atoms with E-state index in [1.165, 1.54) is 0 Å². The van der Waals surface area contributed by atoms with Crippen LogP contribution in [0.25, 0.3) is 0 Å². The molecule has 2 rings (SSSR count). The van der Waals surface area contributed by atoms with Gasteiger partial charge in [-0.3, -0.25) is 15.0 Å². The predicted octanol–water partition coefficient (Wildman–Crippen LogP) is 3.35. The minimum Gasteiger partial charge on any atom is -0.314 e. The molecule has 1 aliphatic heterocycles. The summed E-state index contributed by atoms with van der Waals surface area (Å²) in [6.07, 6.45) is 3.77. The van der Waals surface area contributed by atoms with Gasteiger partial charge in [0.2, 0.25) is 0 Å². The third kappa shape index (κ3) is 5.57. The Hall–Kier alpha value is -1.14. The number of hydrogen-bond acceptors (Lipinski definition) is 4. The van der Waals surface area contributed by atoms with E-state index in [0.29, 0.717) is 0 Å². The number of allylic oxidation sites excluding steroid dienone is 1. The number of benzene rings is 1. The summed E-state index contributed by atoms with van der Waals surface area (Å²) in [5.74, 6) is 0. The van der Waals surface area contributed by atoms with Crippen LogP contribution in [0.3, 0.4) is 0 Å². The number of nitrogens with zero attached hydrogens (tertiary/aromatic N) is 2. The van der Waals surface area contributed by atoms with E-state index < -0.39 is 0 Å². The smallest absolute Gasteiger partial charge is 0.269 e. The summed E-state index contributed by atoms with van der Waals surface area (Å²) < 4.78 is 0. The van der Waals surface area contributed by atoms with Crippen molar-refractivity contribution in [3.05, 3.63) is 52.6 Å². The molecular weight excluding hydrogens is 325 g/mol. The molecule has 0 bridgehead atoms. The van der Waals surface area contributed by atoms with Crippen LogP contribution in [-0.2, 0) is 0 Å². The van der Waals surface area contributed by atoms with E-state index in [2.05, 4.69) is 16.8 Å². The summed E-state index contributed by atoms with van der Waals surface area (Å²) in [5, 5.41) is 14.3. The first kappa shape index (κ1) is 20.9. The highest BCUT2D eigenvalue weighted by Gasteiger charge is 2.22. The Kier molecular flexibility index (Phi) is 10.0. The summed E-state index contributed by atoms with van der Waals surface area (Å²) in [7, 11) is 0. The number of nitrogens with one attached hydrogen (secondary N) is 1. The molecular formula is C15H23Cl2N3O2. The number of hydrogen-bond donors (Lipinski definition) is 1. The number of rotatable bonds is 6. The van der Waals surface area contributed by atoms with Crippen LogP contribution in [-0.4, -0.2) is 36.0 Å². The largest absolute Gasteiger partial charge is 0.314 e. The highest BCUT2D eigenvalue weighted by atomic mass is 35.5. The van der Waals surface area contributed by atoms with Crippen molar-refractivity contribution in [3.8, 4) is 0 Å². The molecule has 1 aromatic rings. The van der Waals surface area contributed by atoms with Gasteiger partial charge in [0.05, 0.1) is 4.92 Å². The minimum absolute atomic E-state index is 0. The monoisotopic (exact) mass is 347 g/mol. The zero-order chi connectivity index (χ0) is 14.4. The first-order valence-corrected chi connectivity index (χ1v) is 7.02. The van der Waals surface area contributed by atoms with E-state index in [1.54, 1.807) is 18.2 Å². The third-order valence-electron chi connectivity index (χ3n) is 3.70. The van der Waals surface area contributed by atoms with Crippen LogP contribution < -0.4 is 5.32 Å². The van der Waals surface area contributed by atoms with Crippen LogP contribution in [0, 0.1) is 10.1 Å². The van der Waals surface area contributed by atoms with Gasteiger partial charge in [-0.25, -0.2) is 0 Å². The van der Waals surface area contributed by atoms with Gasteiger partial charge in [-0.15, -0.1) is 31.4 Å². The lowest BCUT2D eigenvalue weighted by atomic mass is 9.99. The number of non-ortho nitro benzene ring substituents is 1. The summed E-state index contributed by atoms with van der Waals surface area (Å²) in [6.45, 7) is 7.67. The van der Waals surface area contributed by atoms with Crippen LogP contribution in [0.15, 0.2) is 36.9 Å². The Morgan fingerprint density at radius 2 is 2.05 bits per heavy atom. The number of piperazine rings is 1. The van der Waals surface area contributed by atoms with Crippen molar-refractivity contribution >= 4 is 30.5 Å². The maximum Gasteiger partial charge on any atom is 0.269 e. The Balaban J connectivity index is 0.00000220. The summed E-state index contributed by atoms with van der Waals surface area (Å²) >= 11 is 0. The molecule has 0 unspecified atom stereocenters. The first-order chi connectivity index (χ1) is 9.72. The van der Waals surface area contributed by atoms with Gasteiger partial charge in [0, 0.05) is 44.4 Å². The Morgan fingerprint density at radius 1 is 1.36 bits per heavy atom. The van der Waals surface area contributed by atoms with Crippen molar-refractivity contribution < 1.29 is 4.92 Å². The molecule has 1 heterocycles. The zero-order valence-corrected chi connectivity index (χ0v) is 14.1. The van der Waals surface area contributed by atoms with Gasteiger partial charge in [-0.1, -0.05) is 18.2 Å². The second kappa shape index (κ2) is 10.6. The van der Waals surface area contributed by atoms with Gasteiger partial charge in [0.1, 0.15) is 0 Å². The molecule has 5 nitrogen and oxygen atoms in total. The third-order valence-corrected chi connectivity index (χ3v) is 3.70. The topological polar surface area (TPSA) is 58.4 Å². The molecule has 0 radical (unpaired) electrons. The lowest BCUT2D eigenvalue weighted by Crippen LogP contribution is -2.45. The van der Waals surface area contributed by atoms with Gasteiger partial charge in [-0.2, -0.15) is 0 Å². The van der Waals surface area contributed by atoms with Gasteiger partial charge >= 0.3 is 0 Å². The fourth-order valence-corrected chi connectivity index (χ4v) is 2.68. The quantitative estimate of drug-likeness (QED) is 0.487. The molecule has 22 heavy (non-hydrogen) atoms. The average Bonchev–Trinajstić information content (AvgIpc) is 2.49. The molecule has 124 valence electrons. The molecule has 0 aliphatic carbocycles. The fraction of sp³-hybridized carbons (Fsp3) is 0.467. The maximum absolute atomic E-state index is 10.9. The van der Waals surface area contributed by atoms with Crippen molar-refractivity contribution in [2.75, 3.05) is 26.2 Å². The molecule has 1 saturated heterocycles. The van der Waals surface area contributed by atoms with Crippen LogP contribution in [0.4, 0.5) is 5.69 Å². The maximum atomic E-state index is 10.9. The minimum atomic E-state index is -0.328. The summed E-state index contributed by atoms with van der Waals surface area (Å²) in [4.78, 5) is 13.0. The molecule has 0 amide bonds. The summed E-state index contributed by atoms with van der Waals surface area (Å²) in [6, 6.07) is 7.25. The number of nitro groups is 1. The van der Waals surface area contributed by atoms with E-state index in [9.17, 15) is 10.1 Å². The molecule has 1 aromatic carbocycles. The Bertz CT molecular complexity index is 480. The van der Waals surface area contributed by atoms with Crippen LogP contribution >= 0.6 is 24.8 Å².